The van der Waals surface area contributed by atoms with Gasteiger partial charge in [0.05, 0.1) is 0 Å². The van der Waals surface area contributed by atoms with Crippen molar-refractivity contribution in [2.24, 2.45) is 0 Å². The Hall–Kier alpha value is 0.733. The molecule has 0 aromatic heterocycles. The van der Waals surface area contributed by atoms with E-state index in [1.807, 2.05) is 0 Å². The van der Waals surface area contributed by atoms with Gasteiger partial charge in [0.1, 0.15) is 5.82 Å². The fraction of sp³-hybridized carbons (Fsp3) is 0. The summed E-state index contributed by atoms with van der Waals surface area (Å²) in [6.45, 7) is 0. The molecule has 0 saturated heterocycles. The standard InChI is InChI=1S/C6H5F.2BrH.Zn/c7-6-4-2-1-3-5-6;;;/h1-5H;2*1H;/q;;;+2/p-2. The van der Waals surface area contributed by atoms with Crippen molar-refractivity contribution in [1.82, 2.24) is 0 Å². The van der Waals surface area contributed by atoms with E-state index in [4.69, 9.17) is 0 Å². The van der Waals surface area contributed by atoms with E-state index in [0.29, 0.717) is 0 Å². The molecule has 0 spiro atoms. The Morgan fingerprint density at radius 2 is 1.50 bits per heavy atom. The minimum atomic E-state index is -0.250. The Morgan fingerprint density at radius 3 is 1.70 bits per heavy atom. The van der Waals surface area contributed by atoms with Crippen molar-refractivity contribution in [3.63, 3.8) is 0 Å². The first-order valence-electron chi connectivity index (χ1n) is 2.63. The van der Waals surface area contributed by atoms with Gasteiger partial charge in [0.2, 0.25) is 0 Å². The molecule has 1 aromatic carbocycles. The maximum absolute atomic E-state index is 11.9. The predicted octanol–water partition coefficient (Wildman–Crippen LogP) is 3.51. The number of rotatable bonds is 0. The molecule has 0 saturated carbocycles. The molecule has 0 nitrogen and oxygen atoms in total. The zero-order chi connectivity index (χ0) is 7.82. The van der Waals surface area contributed by atoms with Crippen molar-refractivity contribution in [2.75, 3.05) is 0 Å². The Bertz CT molecular complexity index is 157. The summed E-state index contributed by atoms with van der Waals surface area (Å²) >= 11 is 6.25. The van der Waals surface area contributed by atoms with Crippen LogP contribution in [0.25, 0.3) is 0 Å². The molecule has 0 atom stereocenters. The molecule has 0 aliphatic rings. The normalized spacial score (nSPS) is 7.10. The number of hydrogen-bond acceptors (Lipinski definition) is 0. The molecular formula is C6H5Br2FZn. The second kappa shape index (κ2) is 7.84. The minimum absolute atomic E-state index is 0.178. The average molecular weight is 321 g/mol. The number of benzene rings is 1. The number of halogens is 3. The molecule has 0 unspecified atom stereocenters. The van der Waals surface area contributed by atoms with Gasteiger partial charge < -0.3 is 0 Å². The van der Waals surface area contributed by atoms with Crippen molar-refractivity contribution in [3.8, 4) is 0 Å². The fourth-order valence-electron chi connectivity index (χ4n) is 0.415. The summed E-state index contributed by atoms with van der Waals surface area (Å²) in [7, 11) is 0. The van der Waals surface area contributed by atoms with E-state index >= 15 is 0 Å². The molecule has 10 heavy (non-hydrogen) atoms. The van der Waals surface area contributed by atoms with Crippen molar-refractivity contribution >= 4 is 27.2 Å². The third kappa shape index (κ3) is 6.85. The van der Waals surface area contributed by atoms with Crippen molar-refractivity contribution in [1.29, 1.82) is 0 Å². The Labute approximate surface area is 80.5 Å². The van der Waals surface area contributed by atoms with E-state index in [0.717, 1.165) is 0 Å². The molecule has 0 bridgehead atoms. The van der Waals surface area contributed by atoms with E-state index in [9.17, 15) is 4.39 Å². The van der Waals surface area contributed by atoms with Crippen molar-refractivity contribution in [2.45, 2.75) is 0 Å². The van der Waals surface area contributed by atoms with Crippen LogP contribution in [-0.2, 0) is 13.2 Å². The first-order chi connectivity index (χ1) is 4.81. The molecule has 4 heteroatoms. The van der Waals surface area contributed by atoms with E-state index in [1.54, 1.807) is 18.2 Å². The zero-order valence-electron chi connectivity index (χ0n) is 5.23. The van der Waals surface area contributed by atoms with Gasteiger partial charge in [0.25, 0.3) is 0 Å². The van der Waals surface area contributed by atoms with Crippen LogP contribution < -0.4 is 0 Å². The molecule has 1 aromatic rings. The predicted molar refractivity (Wildman–Crippen MR) is 44.3 cm³/mol. The van der Waals surface area contributed by atoms with Crippen LogP contribution in [0, 0.1) is 5.82 Å². The molecule has 1 rings (SSSR count). The topological polar surface area (TPSA) is 0 Å². The second-order valence-electron chi connectivity index (χ2n) is 1.40. The quantitative estimate of drug-likeness (QED) is 0.642. The fourth-order valence-corrected chi connectivity index (χ4v) is 0.415. The SMILES string of the molecule is Fc1ccccc1.[Br][Zn][Br]. The third-order valence-electron chi connectivity index (χ3n) is 0.733. The summed E-state index contributed by atoms with van der Waals surface area (Å²) in [6, 6.07) is 7.94. The first kappa shape index (κ1) is 10.7. The van der Waals surface area contributed by atoms with Gasteiger partial charge in [-0.1, -0.05) is 18.2 Å². The van der Waals surface area contributed by atoms with Crippen molar-refractivity contribution in [3.05, 3.63) is 36.1 Å². The maximum atomic E-state index is 11.9. The van der Waals surface area contributed by atoms with Gasteiger partial charge in [0, 0.05) is 0 Å². The molecule has 52 valence electrons. The van der Waals surface area contributed by atoms with Crippen LogP contribution in [0.5, 0.6) is 0 Å². The summed E-state index contributed by atoms with van der Waals surface area (Å²) in [5, 5.41) is 0. The number of hydrogen-bond donors (Lipinski definition) is 0. The molecule has 0 N–H and O–H groups in total. The van der Waals surface area contributed by atoms with Gasteiger partial charge in [0.15, 0.2) is 0 Å². The van der Waals surface area contributed by atoms with Crippen LogP contribution in [-0.4, -0.2) is 0 Å². The Morgan fingerprint density at radius 1 is 1.10 bits per heavy atom. The van der Waals surface area contributed by atoms with Crippen molar-refractivity contribution < 1.29 is 17.6 Å². The van der Waals surface area contributed by atoms with Crippen LogP contribution in [0.3, 0.4) is 0 Å². The van der Waals surface area contributed by atoms with Gasteiger partial charge in [-0.15, -0.1) is 0 Å². The third-order valence-corrected chi connectivity index (χ3v) is 0.733. The Kier molecular flexibility index (Phi) is 8.41. The zero-order valence-corrected chi connectivity index (χ0v) is 11.4. The van der Waals surface area contributed by atoms with Crippen LogP contribution in [0.2, 0.25) is 0 Å². The van der Waals surface area contributed by atoms with Crippen LogP contribution in [0.1, 0.15) is 0 Å². The van der Waals surface area contributed by atoms with Gasteiger partial charge in [-0.2, -0.15) is 0 Å². The molecule has 0 heterocycles. The van der Waals surface area contributed by atoms with Crippen LogP contribution in [0.4, 0.5) is 4.39 Å². The molecule has 0 aliphatic carbocycles. The molecule has 0 radical (unpaired) electrons. The van der Waals surface area contributed by atoms with Crippen LogP contribution in [0.15, 0.2) is 30.3 Å². The summed E-state index contributed by atoms with van der Waals surface area (Å²) in [5.41, 5.74) is 0. The van der Waals surface area contributed by atoms with Crippen LogP contribution >= 0.6 is 27.2 Å². The molecule has 0 aliphatic heterocycles. The van der Waals surface area contributed by atoms with E-state index in [-0.39, 0.29) is 19.0 Å². The Balaban J connectivity index is 0.000000236. The molecule has 0 amide bonds. The van der Waals surface area contributed by atoms with Gasteiger partial charge in [-0.3, -0.25) is 0 Å². The summed E-state index contributed by atoms with van der Waals surface area (Å²) in [4.78, 5) is 0. The van der Waals surface area contributed by atoms with E-state index in [1.165, 1.54) is 12.1 Å². The summed E-state index contributed by atoms with van der Waals surface area (Å²) in [5.74, 6) is -0.178. The van der Waals surface area contributed by atoms with E-state index < -0.39 is 0 Å². The summed E-state index contributed by atoms with van der Waals surface area (Å²) < 4.78 is 11.9. The summed E-state index contributed by atoms with van der Waals surface area (Å²) in [6.07, 6.45) is 0. The van der Waals surface area contributed by atoms with E-state index in [2.05, 4.69) is 27.2 Å². The van der Waals surface area contributed by atoms with Gasteiger partial charge in [-0.25, -0.2) is 4.39 Å². The molecular weight excluding hydrogens is 316 g/mol. The first-order valence-corrected chi connectivity index (χ1v) is 16.5. The monoisotopic (exact) mass is 318 g/mol. The average Bonchev–Trinajstić information content (AvgIpc) is 1.91. The van der Waals surface area contributed by atoms with Gasteiger partial charge in [-0.05, 0) is 12.1 Å². The van der Waals surface area contributed by atoms with Gasteiger partial charge >= 0.3 is 40.5 Å². The molecule has 0 fully saturated rings. The second-order valence-corrected chi connectivity index (χ2v) is 15.5.